The number of esters is 3. The van der Waals surface area contributed by atoms with Crippen LogP contribution in [0.5, 0.6) is 0 Å². The maximum Gasteiger partial charge on any atom is 0.306 e. The smallest absolute Gasteiger partial charge is 0.306 e. The molecular formula is C49H92O6. The molecule has 55 heavy (non-hydrogen) atoms. The Morgan fingerprint density at radius 2 is 0.600 bits per heavy atom. The van der Waals surface area contributed by atoms with Gasteiger partial charge in [0.25, 0.3) is 0 Å². The molecule has 324 valence electrons. The molecule has 0 aromatic heterocycles. The van der Waals surface area contributed by atoms with Crippen molar-refractivity contribution in [3.63, 3.8) is 0 Å². The minimum Gasteiger partial charge on any atom is -0.462 e. The van der Waals surface area contributed by atoms with Gasteiger partial charge in [0.05, 0.1) is 0 Å². The molecular weight excluding hydrogens is 685 g/mol. The first-order valence-electron chi connectivity index (χ1n) is 24.2. The normalized spacial score (nSPS) is 12.0. The zero-order valence-corrected chi connectivity index (χ0v) is 37.0. The zero-order chi connectivity index (χ0) is 40.1. The van der Waals surface area contributed by atoms with E-state index in [1.165, 1.54) is 167 Å². The van der Waals surface area contributed by atoms with E-state index in [0.717, 1.165) is 57.8 Å². The molecule has 0 aromatic rings. The minimum atomic E-state index is -0.762. The maximum absolute atomic E-state index is 12.7. The van der Waals surface area contributed by atoms with Gasteiger partial charge >= 0.3 is 17.9 Å². The highest BCUT2D eigenvalue weighted by Gasteiger charge is 2.19. The lowest BCUT2D eigenvalue weighted by Crippen LogP contribution is -2.30. The van der Waals surface area contributed by atoms with Crippen molar-refractivity contribution in [2.75, 3.05) is 13.2 Å². The summed E-state index contributed by atoms with van der Waals surface area (Å²) in [5.74, 6) is -0.864. The minimum absolute atomic E-state index is 0.0670. The van der Waals surface area contributed by atoms with Crippen molar-refractivity contribution in [2.45, 2.75) is 271 Å². The fourth-order valence-corrected chi connectivity index (χ4v) is 7.08. The maximum atomic E-state index is 12.7. The van der Waals surface area contributed by atoms with Crippen molar-refractivity contribution in [3.05, 3.63) is 12.2 Å². The standard InChI is InChI=1S/C49H92O6/c1-4-7-10-13-16-19-21-22-23-24-25-26-28-30-33-36-39-42-48(51)54-45-46(44-53-47(50)41-38-35-32-29-18-15-12-9-6-3)55-49(52)43-40-37-34-31-27-20-17-14-11-8-5-2/h22-23,46H,4-21,24-45H2,1-3H3/b23-22-. The predicted octanol–water partition coefficient (Wildman–Crippen LogP) is 15.4. The van der Waals surface area contributed by atoms with Crippen molar-refractivity contribution in [3.8, 4) is 0 Å². The largest absolute Gasteiger partial charge is 0.462 e. The highest BCUT2D eigenvalue weighted by molar-refractivity contribution is 5.71. The van der Waals surface area contributed by atoms with Gasteiger partial charge in [0, 0.05) is 19.3 Å². The lowest BCUT2D eigenvalue weighted by Gasteiger charge is -2.18. The molecule has 0 aliphatic heterocycles. The Bertz CT molecular complexity index is 854. The van der Waals surface area contributed by atoms with E-state index in [1.54, 1.807) is 0 Å². The number of carbonyl (C=O) groups is 3. The molecule has 1 unspecified atom stereocenters. The number of ether oxygens (including phenoxy) is 3. The molecule has 0 aromatic carbocycles. The lowest BCUT2D eigenvalue weighted by atomic mass is 10.1. The van der Waals surface area contributed by atoms with Gasteiger partial charge in [-0.05, 0) is 44.9 Å². The van der Waals surface area contributed by atoms with Crippen LogP contribution in [0.3, 0.4) is 0 Å². The van der Waals surface area contributed by atoms with Crippen LogP contribution >= 0.6 is 0 Å². The molecule has 0 aliphatic carbocycles. The Balaban J connectivity index is 4.27. The van der Waals surface area contributed by atoms with Crippen LogP contribution in [0.25, 0.3) is 0 Å². The molecule has 0 heterocycles. The van der Waals surface area contributed by atoms with Crippen molar-refractivity contribution in [2.24, 2.45) is 0 Å². The Morgan fingerprint density at radius 3 is 0.909 bits per heavy atom. The van der Waals surface area contributed by atoms with Gasteiger partial charge in [-0.3, -0.25) is 14.4 Å². The van der Waals surface area contributed by atoms with Gasteiger partial charge in [-0.2, -0.15) is 0 Å². The Kier molecular flexibility index (Phi) is 43.4. The molecule has 0 radical (unpaired) electrons. The molecule has 0 rings (SSSR count). The van der Waals surface area contributed by atoms with Gasteiger partial charge < -0.3 is 14.2 Å². The summed E-state index contributed by atoms with van der Waals surface area (Å²) >= 11 is 0. The molecule has 0 aliphatic rings. The average molecular weight is 777 g/mol. The van der Waals surface area contributed by atoms with E-state index in [4.69, 9.17) is 14.2 Å². The first-order chi connectivity index (χ1) is 27.0. The van der Waals surface area contributed by atoms with E-state index in [9.17, 15) is 14.4 Å². The second kappa shape index (κ2) is 44.9. The van der Waals surface area contributed by atoms with Crippen LogP contribution in [-0.2, 0) is 28.6 Å². The fraction of sp³-hybridized carbons (Fsp3) is 0.898. The molecule has 0 fully saturated rings. The number of unbranched alkanes of at least 4 members (excludes halogenated alkanes) is 31. The van der Waals surface area contributed by atoms with Gasteiger partial charge in [-0.1, -0.05) is 213 Å². The SMILES string of the molecule is CCCCCCCC/C=C\CCCCCCCCCC(=O)OCC(COC(=O)CCCCCCCCCCC)OC(=O)CCCCCCCCCCCCC. The fourth-order valence-electron chi connectivity index (χ4n) is 7.08. The highest BCUT2D eigenvalue weighted by atomic mass is 16.6. The van der Waals surface area contributed by atoms with E-state index in [0.29, 0.717) is 19.3 Å². The van der Waals surface area contributed by atoms with Crippen molar-refractivity contribution in [1.82, 2.24) is 0 Å². The number of allylic oxidation sites excluding steroid dienone is 2. The van der Waals surface area contributed by atoms with Crippen LogP contribution in [0.1, 0.15) is 265 Å². The summed E-state index contributed by atoms with van der Waals surface area (Å²) in [7, 11) is 0. The molecule has 0 N–H and O–H groups in total. The van der Waals surface area contributed by atoms with E-state index in [2.05, 4.69) is 32.9 Å². The summed E-state index contributed by atoms with van der Waals surface area (Å²) in [6, 6.07) is 0. The summed E-state index contributed by atoms with van der Waals surface area (Å²) in [6.45, 7) is 6.62. The van der Waals surface area contributed by atoms with Gasteiger partial charge in [0.15, 0.2) is 6.10 Å². The molecule has 0 saturated heterocycles. The van der Waals surface area contributed by atoms with Crippen LogP contribution in [0.4, 0.5) is 0 Å². The summed E-state index contributed by atoms with van der Waals surface area (Å²) in [6.07, 6.45) is 47.7. The van der Waals surface area contributed by atoms with E-state index >= 15 is 0 Å². The summed E-state index contributed by atoms with van der Waals surface area (Å²) in [4.78, 5) is 37.7. The molecule has 0 bridgehead atoms. The molecule has 6 nitrogen and oxygen atoms in total. The van der Waals surface area contributed by atoms with Crippen LogP contribution < -0.4 is 0 Å². The first kappa shape index (κ1) is 53.1. The van der Waals surface area contributed by atoms with E-state index in [1.807, 2.05) is 0 Å². The Labute approximate surface area is 341 Å². The van der Waals surface area contributed by atoms with E-state index < -0.39 is 6.10 Å². The summed E-state index contributed by atoms with van der Waals surface area (Å²) in [5.41, 5.74) is 0. The molecule has 0 saturated carbocycles. The zero-order valence-electron chi connectivity index (χ0n) is 37.0. The summed E-state index contributed by atoms with van der Waals surface area (Å²) < 4.78 is 16.7. The highest BCUT2D eigenvalue weighted by Crippen LogP contribution is 2.15. The van der Waals surface area contributed by atoms with Gasteiger partial charge in [0.2, 0.25) is 0 Å². The molecule has 0 amide bonds. The van der Waals surface area contributed by atoms with Crippen LogP contribution in [0.15, 0.2) is 12.2 Å². The van der Waals surface area contributed by atoms with Gasteiger partial charge in [-0.15, -0.1) is 0 Å². The van der Waals surface area contributed by atoms with Crippen molar-refractivity contribution >= 4 is 17.9 Å². The third-order valence-corrected chi connectivity index (χ3v) is 10.8. The number of carbonyl (C=O) groups excluding carboxylic acids is 3. The number of hydrogen-bond donors (Lipinski definition) is 0. The van der Waals surface area contributed by atoms with Crippen molar-refractivity contribution < 1.29 is 28.6 Å². The second-order valence-corrected chi connectivity index (χ2v) is 16.4. The van der Waals surface area contributed by atoms with E-state index in [-0.39, 0.29) is 31.1 Å². The monoisotopic (exact) mass is 777 g/mol. The van der Waals surface area contributed by atoms with Crippen LogP contribution in [0, 0.1) is 0 Å². The Hall–Kier alpha value is -1.85. The number of rotatable bonds is 44. The third-order valence-electron chi connectivity index (χ3n) is 10.8. The predicted molar refractivity (Wildman–Crippen MR) is 233 cm³/mol. The first-order valence-corrected chi connectivity index (χ1v) is 24.2. The Morgan fingerprint density at radius 1 is 0.345 bits per heavy atom. The van der Waals surface area contributed by atoms with Crippen LogP contribution in [-0.4, -0.2) is 37.2 Å². The molecule has 6 heteroatoms. The van der Waals surface area contributed by atoms with Crippen LogP contribution in [0.2, 0.25) is 0 Å². The number of hydrogen-bond acceptors (Lipinski definition) is 6. The second-order valence-electron chi connectivity index (χ2n) is 16.4. The lowest BCUT2D eigenvalue weighted by molar-refractivity contribution is -0.167. The summed E-state index contributed by atoms with van der Waals surface area (Å²) in [5, 5.41) is 0. The topological polar surface area (TPSA) is 78.9 Å². The molecule has 0 spiro atoms. The van der Waals surface area contributed by atoms with Gasteiger partial charge in [0.1, 0.15) is 13.2 Å². The average Bonchev–Trinajstić information content (AvgIpc) is 3.18. The third kappa shape index (κ3) is 43.1. The molecule has 1 atom stereocenters. The van der Waals surface area contributed by atoms with Crippen molar-refractivity contribution in [1.29, 1.82) is 0 Å². The van der Waals surface area contributed by atoms with Gasteiger partial charge in [-0.25, -0.2) is 0 Å². The quantitative estimate of drug-likeness (QED) is 0.0265.